The number of hydrogen-bond donors (Lipinski definition) is 1. The lowest BCUT2D eigenvalue weighted by atomic mass is 10.0. The Morgan fingerprint density at radius 3 is 2.89 bits per heavy atom. The van der Waals surface area contributed by atoms with Gasteiger partial charge in [0.2, 0.25) is 5.91 Å². The van der Waals surface area contributed by atoms with Gasteiger partial charge in [-0.25, -0.2) is 0 Å². The van der Waals surface area contributed by atoms with Gasteiger partial charge in [-0.3, -0.25) is 9.69 Å². The summed E-state index contributed by atoms with van der Waals surface area (Å²) < 4.78 is 5.04. The number of carbonyl (C=O) groups excluding carboxylic acids is 1. The molecule has 1 unspecified atom stereocenters. The molecule has 0 spiro atoms. The number of amides is 1. The molecule has 1 saturated heterocycles. The smallest absolute Gasteiger partial charge is 0.223 e. The Kier molecular flexibility index (Phi) is 8.02. The molecule has 1 atom stereocenters. The predicted octanol–water partition coefficient (Wildman–Crippen LogP) is 0.555. The molecular formula is C14H29N3O2. The first-order valence-electron chi connectivity index (χ1n) is 7.29. The summed E-state index contributed by atoms with van der Waals surface area (Å²) in [5.74, 6) is 0.219. The first-order valence-corrected chi connectivity index (χ1v) is 7.29. The number of carbonyl (C=O) groups is 1. The van der Waals surface area contributed by atoms with Gasteiger partial charge in [-0.1, -0.05) is 6.42 Å². The molecule has 1 aliphatic heterocycles. The molecule has 1 rings (SSSR count). The Balaban J connectivity index is 2.29. The molecule has 1 aliphatic rings. The van der Waals surface area contributed by atoms with Gasteiger partial charge in [0.25, 0.3) is 0 Å². The van der Waals surface area contributed by atoms with Crippen LogP contribution in [0.4, 0.5) is 0 Å². The fourth-order valence-electron chi connectivity index (χ4n) is 2.49. The average Bonchev–Trinajstić information content (AvgIpc) is 2.42. The first kappa shape index (κ1) is 16.4. The summed E-state index contributed by atoms with van der Waals surface area (Å²) in [5, 5.41) is 3.43. The van der Waals surface area contributed by atoms with Crippen molar-refractivity contribution in [1.29, 1.82) is 0 Å². The van der Waals surface area contributed by atoms with Gasteiger partial charge >= 0.3 is 0 Å². The molecule has 0 bridgehead atoms. The molecule has 0 aromatic rings. The van der Waals surface area contributed by atoms with Gasteiger partial charge in [-0.15, -0.1) is 0 Å². The number of ether oxygens (including phenoxy) is 1. The van der Waals surface area contributed by atoms with Crippen LogP contribution < -0.4 is 5.32 Å². The fraction of sp³-hybridized carbons (Fsp3) is 0.929. The molecular weight excluding hydrogens is 242 g/mol. The first-order chi connectivity index (χ1) is 9.15. The Bertz CT molecular complexity index is 259. The van der Waals surface area contributed by atoms with Crippen LogP contribution in [-0.2, 0) is 9.53 Å². The molecule has 112 valence electrons. The minimum absolute atomic E-state index is 0.219. The molecule has 1 fully saturated rings. The predicted molar refractivity (Wildman–Crippen MR) is 77.3 cm³/mol. The van der Waals surface area contributed by atoms with Crippen LogP contribution in [0.5, 0.6) is 0 Å². The second-order valence-electron chi connectivity index (χ2n) is 5.42. The van der Waals surface area contributed by atoms with Crippen molar-refractivity contribution in [3.05, 3.63) is 0 Å². The minimum atomic E-state index is 0.219. The van der Waals surface area contributed by atoms with E-state index in [9.17, 15) is 4.79 Å². The highest BCUT2D eigenvalue weighted by Gasteiger charge is 2.22. The number of nitrogens with one attached hydrogen (secondary N) is 1. The quantitative estimate of drug-likeness (QED) is 0.655. The van der Waals surface area contributed by atoms with Gasteiger partial charge in [-0.05, 0) is 19.4 Å². The number of hydrogen-bond acceptors (Lipinski definition) is 4. The second-order valence-corrected chi connectivity index (χ2v) is 5.42. The number of piperidine rings is 1. The lowest BCUT2D eigenvalue weighted by Crippen LogP contribution is -2.47. The highest BCUT2D eigenvalue weighted by molar-refractivity contribution is 5.75. The van der Waals surface area contributed by atoms with E-state index in [1.165, 1.54) is 19.3 Å². The highest BCUT2D eigenvalue weighted by Crippen LogP contribution is 2.16. The van der Waals surface area contributed by atoms with E-state index in [2.05, 4.69) is 10.2 Å². The van der Waals surface area contributed by atoms with Gasteiger partial charge in [0, 0.05) is 53.3 Å². The van der Waals surface area contributed by atoms with Crippen molar-refractivity contribution in [1.82, 2.24) is 15.1 Å². The van der Waals surface area contributed by atoms with Crippen molar-refractivity contribution in [2.75, 3.05) is 54.0 Å². The second kappa shape index (κ2) is 9.28. The molecule has 0 aliphatic carbocycles. The van der Waals surface area contributed by atoms with E-state index < -0.39 is 0 Å². The van der Waals surface area contributed by atoms with Crippen LogP contribution in [-0.4, -0.2) is 75.7 Å². The summed E-state index contributed by atoms with van der Waals surface area (Å²) in [6.45, 7) is 4.66. The van der Waals surface area contributed by atoms with Crippen LogP contribution >= 0.6 is 0 Å². The third-order valence-electron chi connectivity index (χ3n) is 3.72. The summed E-state index contributed by atoms with van der Waals surface area (Å²) in [6, 6.07) is 0.570. The van der Waals surface area contributed by atoms with Crippen molar-refractivity contribution in [2.24, 2.45) is 0 Å². The molecule has 5 nitrogen and oxygen atoms in total. The van der Waals surface area contributed by atoms with E-state index in [0.29, 0.717) is 12.5 Å². The number of methoxy groups -OCH3 is 1. The number of likely N-dealkylation sites (tertiary alicyclic amines) is 1. The Morgan fingerprint density at radius 2 is 2.21 bits per heavy atom. The van der Waals surface area contributed by atoms with E-state index in [0.717, 1.165) is 32.8 Å². The normalized spacial score (nSPS) is 20.5. The van der Waals surface area contributed by atoms with Crippen molar-refractivity contribution in [2.45, 2.75) is 31.7 Å². The largest absolute Gasteiger partial charge is 0.383 e. The molecule has 1 N–H and O–H groups in total. The van der Waals surface area contributed by atoms with Gasteiger partial charge in [0.05, 0.1) is 6.61 Å². The van der Waals surface area contributed by atoms with Crippen LogP contribution in [0.1, 0.15) is 25.7 Å². The Morgan fingerprint density at radius 1 is 1.42 bits per heavy atom. The molecule has 0 aromatic carbocycles. The summed E-state index contributed by atoms with van der Waals surface area (Å²) in [6.07, 6.45) is 4.41. The van der Waals surface area contributed by atoms with Crippen LogP contribution in [0.3, 0.4) is 0 Å². The van der Waals surface area contributed by atoms with Gasteiger partial charge in [-0.2, -0.15) is 0 Å². The molecule has 19 heavy (non-hydrogen) atoms. The zero-order valence-corrected chi connectivity index (χ0v) is 12.7. The number of nitrogens with zero attached hydrogens (tertiary/aromatic N) is 2. The van der Waals surface area contributed by atoms with Crippen molar-refractivity contribution in [3.63, 3.8) is 0 Å². The van der Waals surface area contributed by atoms with E-state index >= 15 is 0 Å². The molecule has 0 aromatic heterocycles. The lowest BCUT2D eigenvalue weighted by molar-refractivity contribution is -0.129. The van der Waals surface area contributed by atoms with E-state index in [1.54, 1.807) is 12.0 Å². The topological polar surface area (TPSA) is 44.8 Å². The summed E-state index contributed by atoms with van der Waals surface area (Å²) in [5.41, 5.74) is 0. The van der Waals surface area contributed by atoms with E-state index in [-0.39, 0.29) is 5.91 Å². The zero-order chi connectivity index (χ0) is 14.1. The van der Waals surface area contributed by atoms with Crippen molar-refractivity contribution >= 4 is 5.91 Å². The Hall–Kier alpha value is -0.650. The van der Waals surface area contributed by atoms with Crippen LogP contribution in [0.15, 0.2) is 0 Å². The van der Waals surface area contributed by atoms with Crippen LogP contribution in [0.2, 0.25) is 0 Å². The van der Waals surface area contributed by atoms with Crippen molar-refractivity contribution < 1.29 is 9.53 Å². The zero-order valence-electron chi connectivity index (χ0n) is 12.7. The molecule has 0 radical (unpaired) electrons. The SMILES string of the molecule is COCCNCC1CCCCN1CCC(=O)N(C)C. The summed E-state index contributed by atoms with van der Waals surface area (Å²) in [4.78, 5) is 15.8. The monoisotopic (exact) mass is 271 g/mol. The Labute approximate surface area is 117 Å². The van der Waals surface area contributed by atoms with Crippen LogP contribution in [0, 0.1) is 0 Å². The summed E-state index contributed by atoms with van der Waals surface area (Å²) >= 11 is 0. The maximum Gasteiger partial charge on any atom is 0.223 e. The maximum absolute atomic E-state index is 11.7. The third-order valence-corrected chi connectivity index (χ3v) is 3.72. The van der Waals surface area contributed by atoms with Gasteiger partial charge < -0.3 is 15.0 Å². The molecule has 1 amide bonds. The molecule has 1 heterocycles. The highest BCUT2D eigenvalue weighted by atomic mass is 16.5. The van der Waals surface area contributed by atoms with Gasteiger partial charge in [0.15, 0.2) is 0 Å². The minimum Gasteiger partial charge on any atom is -0.383 e. The van der Waals surface area contributed by atoms with E-state index in [4.69, 9.17) is 4.74 Å². The van der Waals surface area contributed by atoms with Gasteiger partial charge in [0.1, 0.15) is 0 Å². The standard InChI is InChI=1S/C14H29N3O2/c1-16(2)14(18)7-10-17-9-5-4-6-13(17)12-15-8-11-19-3/h13,15H,4-12H2,1-3H3. The van der Waals surface area contributed by atoms with Crippen molar-refractivity contribution in [3.8, 4) is 0 Å². The summed E-state index contributed by atoms with van der Waals surface area (Å²) in [7, 11) is 5.37. The third kappa shape index (κ3) is 6.36. The molecule has 5 heteroatoms. The van der Waals surface area contributed by atoms with Crippen LogP contribution in [0.25, 0.3) is 0 Å². The lowest BCUT2D eigenvalue weighted by Gasteiger charge is -2.36. The average molecular weight is 271 g/mol. The molecule has 0 saturated carbocycles. The van der Waals surface area contributed by atoms with E-state index in [1.807, 2.05) is 14.1 Å². The maximum atomic E-state index is 11.7. The fourth-order valence-corrected chi connectivity index (χ4v) is 2.49. The number of rotatable bonds is 8.